The number of ether oxygens (including phenoxy) is 2. The second-order valence-corrected chi connectivity index (χ2v) is 7.12. The van der Waals surface area contributed by atoms with Gasteiger partial charge in [0.05, 0.1) is 18.7 Å². The average Bonchev–Trinajstić information content (AvgIpc) is 2.76. The Bertz CT molecular complexity index is 1350. The summed E-state index contributed by atoms with van der Waals surface area (Å²) < 4.78 is 109. The Kier molecular flexibility index (Phi) is 3.49. The Labute approximate surface area is 193 Å². The zero-order chi connectivity index (χ0) is 30.6. The van der Waals surface area contributed by atoms with Crippen LogP contribution in [0.1, 0.15) is 62.6 Å². The van der Waals surface area contributed by atoms with Crippen molar-refractivity contribution in [3.8, 4) is 17.0 Å². The highest BCUT2D eigenvalue weighted by atomic mass is 35.5. The fourth-order valence-electron chi connectivity index (χ4n) is 3.23. The molecule has 1 atom stereocenters. The van der Waals surface area contributed by atoms with Gasteiger partial charge in [0.15, 0.2) is 5.82 Å². The van der Waals surface area contributed by atoms with Gasteiger partial charge in [0.25, 0.3) is 0 Å². The fraction of sp³-hybridized carbons (Fsp3) is 0.455. The van der Waals surface area contributed by atoms with Crippen molar-refractivity contribution in [3.05, 3.63) is 50.5 Å². The van der Waals surface area contributed by atoms with E-state index in [1.807, 2.05) is 0 Å². The molecule has 3 rings (SSSR count). The van der Waals surface area contributed by atoms with Crippen molar-refractivity contribution >= 4 is 17.6 Å². The first-order valence-corrected chi connectivity index (χ1v) is 9.18. The number of fused-ring (bicyclic) bond motifs is 3. The molecule has 162 valence electrons. The Morgan fingerprint density at radius 3 is 2.80 bits per heavy atom. The van der Waals surface area contributed by atoms with Gasteiger partial charge in [-0.15, -0.1) is 0 Å². The van der Waals surface area contributed by atoms with Gasteiger partial charge >= 0.3 is 5.97 Å². The summed E-state index contributed by atoms with van der Waals surface area (Å²) in [4.78, 5) is 24.4. The minimum absolute atomic E-state index is 0.0283. The standard InChI is InChI=1S/C22H25ClFNO5/c1-22(2,3)17-9-12-8-16(30-7-5-6-29-4)15(23)10-13(12)19-18(24)20(26)14(21(27)28)11-25(17)19/h8,10-11,17H,5-7,9H2,1-4H3,(H,27,28)/t17-/m0/s1/i1D3,2D3,3D3,17D. The van der Waals surface area contributed by atoms with Crippen LogP contribution in [0.2, 0.25) is 5.02 Å². The van der Waals surface area contributed by atoms with E-state index in [4.69, 9.17) is 33.4 Å². The predicted octanol–water partition coefficient (Wildman–Crippen LogP) is 4.56. The Morgan fingerprint density at radius 2 is 2.17 bits per heavy atom. The quantitative estimate of drug-likeness (QED) is 0.656. The molecule has 30 heavy (non-hydrogen) atoms. The molecule has 0 saturated heterocycles. The van der Waals surface area contributed by atoms with Gasteiger partial charge in [0.1, 0.15) is 11.3 Å². The number of carboxylic acid groups (broad SMARTS) is 1. The van der Waals surface area contributed by atoms with Crippen LogP contribution in [0.25, 0.3) is 11.3 Å². The van der Waals surface area contributed by atoms with Crippen molar-refractivity contribution < 1.29 is 37.5 Å². The number of nitrogens with zero attached hydrogens (tertiary/aromatic N) is 1. The molecule has 1 aromatic heterocycles. The molecule has 2 aromatic rings. The third kappa shape index (κ3) is 4.09. The van der Waals surface area contributed by atoms with E-state index in [9.17, 15) is 16.1 Å². The zero-order valence-electron chi connectivity index (χ0n) is 25.8. The first kappa shape index (κ1) is 12.5. The second kappa shape index (κ2) is 8.40. The molecule has 0 spiro atoms. The number of carbonyl (C=O) groups is 1. The molecule has 0 bridgehead atoms. The summed E-state index contributed by atoms with van der Waals surface area (Å²) >= 11 is 6.32. The molecule has 1 aliphatic heterocycles. The minimum Gasteiger partial charge on any atom is -0.492 e. The predicted molar refractivity (Wildman–Crippen MR) is 112 cm³/mol. The SMILES string of the molecule is [2H]C([2H])([2H])C(C([2H])([2H])[2H])(C([2H])([2H])[2H])[C@]1([2H])Cc2cc(OCCCOC)c(Cl)cc2-c2c(F)c(=O)c(C(=O)O)cn21. The summed E-state index contributed by atoms with van der Waals surface area (Å²) in [6.45, 7) is -11.4. The monoisotopic (exact) mass is 447 g/mol. The molecule has 0 saturated carbocycles. The van der Waals surface area contributed by atoms with Crippen LogP contribution in [0.4, 0.5) is 4.39 Å². The van der Waals surface area contributed by atoms with Gasteiger partial charge in [-0.25, -0.2) is 9.18 Å². The lowest BCUT2D eigenvalue weighted by Crippen LogP contribution is -2.34. The van der Waals surface area contributed by atoms with Crippen LogP contribution < -0.4 is 10.2 Å². The maximum Gasteiger partial charge on any atom is 0.341 e. The van der Waals surface area contributed by atoms with Gasteiger partial charge in [-0.3, -0.25) is 4.79 Å². The number of halogens is 2. The lowest BCUT2D eigenvalue weighted by molar-refractivity contribution is 0.0692. The van der Waals surface area contributed by atoms with E-state index in [0.717, 1.165) is 6.07 Å². The third-order valence-electron chi connectivity index (χ3n) is 4.63. The van der Waals surface area contributed by atoms with Crippen molar-refractivity contribution in [1.82, 2.24) is 4.57 Å². The molecule has 0 radical (unpaired) electrons. The van der Waals surface area contributed by atoms with Crippen LogP contribution in [0, 0.1) is 11.2 Å². The van der Waals surface area contributed by atoms with Crippen LogP contribution in [-0.4, -0.2) is 36.0 Å². The summed E-state index contributed by atoms with van der Waals surface area (Å²) in [5.41, 5.74) is -8.07. The molecule has 0 amide bonds. The fourth-order valence-corrected chi connectivity index (χ4v) is 3.45. The molecular weight excluding hydrogens is 413 g/mol. The van der Waals surface area contributed by atoms with Crippen molar-refractivity contribution in [2.45, 2.75) is 39.4 Å². The van der Waals surface area contributed by atoms with Crippen LogP contribution in [0.15, 0.2) is 23.1 Å². The zero-order valence-corrected chi connectivity index (χ0v) is 16.6. The first-order chi connectivity index (χ1) is 18.2. The van der Waals surface area contributed by atoms with Gasteiger partial charge < -0.3 is 19.1 Å². The van der Waals surface area contributed by atoms with Crippen LogP contribution in [-0.2, 0) is 11.2 Å². The van der Waals surface area contributed by atoms with Crippen molar-refractivity contribution in [2.75, 3.05) is 20.3 Å². The lowest BCUT2D eigenvalue weighted by atomic mass is 9.78. The van der Waals surface area contributed by atoms with Gasteiger partial charge in [-0.05, 0) is 29.5 Å². The molecule has 2 heterocycles. The molecular formula is C22H25ClFNO5. The highest BCUT2D eigenvalue weighted by Gasteiger charge is 2.36. The van der Waals surface area contributed by atoms with E-state index in [1.165, 1.54) is 13.2 Å². The number of hydrogen-bond acceptors (Lipinski definition) is 4. The van der Waals surface area contributed by atoms with Gasteiger partial charge in [0.2, 0.25) is 5.43 Å². The summed E-state index contributed by atoms with van der Waals surface area (Å²) in [7, 11) is 1.47. The number of benzene rings is 1. The number of methoxy groups -OCH3 is 1. The van der Waals surface area contributed by atoms with Crippen molar-refractivity contribution in [1.29, 1.82) is 0 Å². The Hall–Kier alpha value is -2.38. The Balaban J connectivity index is 2.53. The van der Waals surface area contributed by atoms with Crippen LogP contribution in [0.5, 0.6) is 5.75 Å². The number of pyridine rings is 1. The smallest absolute Gasteiger partial charge is 0.341 e. The largest absolute Gasteiger partial charge is 0.492 e. The summed E-state index contributed by atoms with van der Waals surface area (Å²) in [6.07, 6.45) is -0.158. The highest BCUT2D eigenvalue weighted by molar-refractivity contribution is 6.32. The average molecular weight is 448 g/mol. The molecule has 1 aromatic carbocycles. The molecule has 0 aliphatic carbocycles. The maximum atomic E-state index is 15.7. The second-order valence-electron chi connectivity index (χ2n) is 6.72. The number of aromatic nitrogens is 1. The van der Waals surface area contributed by atoms with Gasteiger partial charge in [-0.2, -0.15) is 0 Å². The number of hydrogen-bond donors (Lipinski definition) is 1. The van der Waals surface area contributed by atoms with Crippen molar-refractivity contribution in [2.24, 2.45) is 5.41 Å². The molecule has 0 fully saturated rings. The molecule has 6 nitrogen and oxygen atoms in total. The van der Waals surface area contributed by atoms with E-state index in [-0.39, 0.29) is 28.5 Å². The number of carboxylic acids is 1. The van der Waals surface area contributed by atoms with Crippen LogP contribution in [0.3, 0.4) is 0 Å². The van der Waals surface area contributed by atoms with E-state index < -0.39 is 66.9 Å². The molecule has 1 aliphatic rings. The normalized spacial score (nSPS) is 24.1. The third-order valence-corrected chi connectivity index (χ3v) is 4.92. The summed E-state index contributed by atoms with van der Waals surface area (Å²) in [6, 6.07) is -1.02. The number of aromatic carboxylic acids is 1. The van der Waals surface area contributed by atoms with E-state index in [2.05, 4.69) is 0 Å². The highest BCUT2D eigenvalue weighted by Crippen LogP contribution is 2.45. The van der Waals surface area contributed by atoms with E-state index in [1.54, 1.807) is 0 Å². The van der Waals surface area contributed by atoms with E-state index in [0.29, 0.717) is 23.8 Å². The Morgan fingerprint density at radius 1 is 1.43 bits per heavy atom. The van der Waals surface area contributed by atoms with Gasteiger partial charge in [-0.1, -0.05) is 32.2 Å². The topological polar surface area (TPSA) is 77.8 Å². The maximum absolute atomic E-state index is 15.7. The van der Waals surface area contributed by atoms with E-state index >= 15 is 4.39 Å². The first-order valence-electron chi connectivity index (χ1n) is 13.8. The van der Waals surface area contributed by atoms with Crippen molar-refractivity contribution in [3.63, 3.8) is 0 Å². The summed E-state index contributed by atoms with van der Waals surface area (Å²) in [5, 5.41) is 9.41. The molecule has 0 unspecified atom stereocenters. The minimum atomic E-state index is -3.92. The molecule has 8 heteroatoms. The lowest BCUT2D eigenvalue weighted by Gasteiger charge is -2.39. The number of rotatable bonds is 6. The molecule has 1 N–H and O–H groups in total. The summed E-state index contributed by atoms with van der Waals surface area (Å²) in [5.74, 6) is -3.76. The van der Waals surface area contributed by atoms with Gasteiger partial charge in [0, 0.05) is 50.3 Å². The van der Waals surface area contributed by atoms with Crippen LogP contribution >= 0.6 is 11.6 Å².